The Morgan fingerprint density at radius 2 is 1.64 bits per heavy atom. The molecule has 0 aliphatic carbocycles. The first-order valence-corrected chi connectivity index (χ1v) is 8.72. The van der Waals surface area contributed by atoms with Gasteiger partial charge in [0.05, 0.1) is 11.3 Å². The molecule has 1 heterocycles. The molecule has 0 aliphatic heterocycles. The molecule has 0 aliphatic rings. The molecule has 3 aromatic rings. The zero-order valence-electron chi connectivity index (χ0n) is 14.2. The maximum atomic E-state index is 13.7. The molecule has 0 fully saturated rings. The van der Waals surface area contributed by atoms with Crippen molar-refractivity contribution in [2.75, 3.05) is 5.32 Å². The van der Waals surface area contributed by atoms with Crippen LogP contribution in [0.25, 0.3) is 11.3 Å². The highest BCUT2D eigenvalue weighted by Gasteiger charge is 2.17. The lowest BCUT2D eigenvalue weighted by Crippen LogP contribution is -2.30. The minimum atomic E-state index is -0.941. The minimum Gasteiger partial charge on any atom is -0.322 e. The fourth-order valence-electron chi connectivity index (χ4n) is 2.48. The summed E-state index contributed by atoms with van der Waals surface area (Å²) in [4.78, 5) is 27.9. The van der Waals surface area contributed by atoms with E-state index in [-0.39, 0.29) is 5.56 Å². The number of carbonyl (C=O) groups excluding carboxylic acids is 2. The number of carbonyl (C=O) groups is 2. The number of hydrogen-bond donors (Lipinski definition) is 3. The molecular formula is C19H13BrF2N4O2. The highest BCUT2D eigenvalue weighted by atomic mass is 79.9. The summed E-state index contributed by atoms with van der Waals surface area (Å²) in [6.07, 6.45) is 1.37. The first kappa shape index (κ1) is 19.6. The van der Waals surface area contributed by atoms with Crippen molar-refractivity contribution in [1.29, 1.82) is 0 Å². The zero-order chi connectivity index (χ0) is 20.3. The Labute approximate surface area is 166 Å². The van der Waals surface area contributed by atoms with Crippen LogP contribution < -0.4 is 16.6 Å². The molecular weight excluding hydrogens is 434 g/mol. The minimum absolute atomic E-state index is 0.286. The maximum Gasteiger partial charge on any atom is 0.266 e. The molecule has 1 aromatic heterocycles. The average molecular weight is 447 g/mol. The molecule has 0 atom stereocenters. The number of nitrogen functional groups attached to an aromatic ring is 1. The van der Waals surface area contributed by atoms with Crippen LogP contribution in [0.1, 0.15) is 20.7 Å². The van der Waals surface area contributed by atoms with Gasteiger partial charge in [-0.15, -0.1) is 0 Å². The number of hydrazine groups is 1. The molecule has 2 aromatic carbocycles. The van der Waals surface area contributed by atoms with E-state index in [2.05, 4.69) is 26.2 Å². The van der Waals surface area contributed by atoms with Gasteiger partial charge in [0.25, 0.3) is 11.8 Å². The Hall–Kier alpha value is -3.17. The van der Waals surface area contributed by atoms with E-state index in [4.69, 9.17) is 5.84 Å². The summed E-state index contributed by atoms with van der Waals surface area (Å²) in [7, 11) is 0. The van der Waals surface area contributed by atoms with E-state index in [9.17, 15) is 18.4 Å². The van der Waals surface area contributed by atoms with Gasteiger partial charge in [-0.05, 0) is 46.3 Å². The van der Waals surface area contributed by atoms with Crippen molar-refractivity contribution in [3.8, 4) is 11.3 Å². The molecule has 0 radical (unpaired) electrons. The lowest BCUT2D eigenvalue weighted by Gasteiger charge is -2.09. The number of rotatable bonds is 4. The van der Waals surface area contributed by atoms with Crippen LogP contribution in [0.2, 0.25) is 0 Å². The van der Waals surface area contributed by atoms with Crippen LogP contribution in [0.3, 0.4) is 0 Å². The topological polar surface area (TPSA) is 97.1 Å². The van der Waals surface area contributed by atoms with Gasteiger partial charge in [-0.1, -0.05) is 18.2 Å². The van der Waals surface area contributed by atoms with Gasteiger partial charge in [0.15, 0.2) is 0 Å². The number of benzene rings is 2. The van der Waals surface area contributed by atoms with E-state index in [0.29, 0.717) is 21.4 Å². The molecule has 0 saturated heterocycles. The molecule has 6 nitrogen and oxygen atoms in total. The largest absolute Gasteiger partial charge is 0.322 e. The lowest BCUT2D eigenvalue weighted by molar-refractivity contribution is 0.0952. The van der Waals surface area contributed by atoms with Crippen molar-refractivity contribution < 1.29 is 18.4 Å². The molecule has 0 bridgehead atoms. The van der Waals surface area contributed by atoms with Gasteiger partial charge >= 0.3 is 0 Å². The highest BCUT2D eigenvalue weighted by molar-refractivity contribution is 9.10. The van der Waals surface area contributed by atoms with Gasteiger partial charge in [-0.3, -0.25) is 20.0 Å². The number of amides is 2. The van der Waals surface area contributed by atoms with Gasteiger partial charge in [-0.25, -0.2) is 14.6 Å². The summed E-state index contributed by atoms with van der Waals surface area (Å²) < 4.78 is 28.0. The van der Waals surface area contributed by atoms with Gasteiger partial charge < -0.3 is 5.32 Å². The first-order chi connectivity index (χ1) is 13.4. The highest BCUT2D eigenvalue weighted by Crippen LogP contribution is 2.28. The first-order valence-electron chi connectivity index (χ1n) is 7.93. The molecule has 3 rings (SSSR count). The quantitative estimate of drug-likeness (QED) is 0.323. The van der Waals surface area contributed by atoms with Crippen molar-refractivity contribution in [3.63, 3.8) is 0 Å². The van der Waals surface area contributed by atoms with E-state index >= 15 is 0 Å². The Morgan fingerprint density at radius 3 is 2.21 bits per heavy atom. The van der Waals surface area contributed by atoms with Crippen LogP contribution in [0, 0.1) is 11.6 Å². The summed E-state index contributed by atoms with van der Waals surface area (Å²) in [5.74, 6) is 1.85. The van der Waals surface area contributed by atoms with Gasteiger partial charge in [0, 0.05) is 21.9 Å². The number of nitrogens with zero attached hydrogens (tertiary/aromatic N) is 1. The standard InChI is InChI=1S/C19H13BrF2N4O2/c20-13-8-11(18(27)26-23)9-24-17(13)10-4-6-12(7-5-10)25-19(28)16-14(21)2-1-3-15(16)22/h1-9H,23H2,(H,25,28)(H,26,27). The molecule has 28 heavy (non-hydrogen) atoms. The Bertz CT molecular complexity index is 1040. The number of anilines is 1. The Morgan fingerprint density at radius 1 is 1.00 bits per heavy atom. The molecule has 0 saturated carbocycles. The van der Waals surface area contributed by atoms with Crippen LogP contribution in [0.4, 0.5) is 14.5 Å². The fourth-order valence-corrected chi connectivity index (χ4v) is 3.06. The number of nitrogens with two attached hydrogens (primary N) is 1. The van der Waals surface area contributed by atoms with Crippen LogP contribution in [0.5, 0.6) is 0 Å². The monoisotopic (exact) mass is 446 g/mol. The summed E-state index contributed by atoms with van der Waals surface area (Å²) in [6, 6.07) is 11.3. The van der Waals surface area contributed by atoms with E-state index in [1.54, 1.807) is 30.3 Å². The van der Waals surface area contributed by atoms with Gasteiger partial charge in [0.2, 0.25) is 0 Å². The summed E-state index contributed by atoms with van der Waals surface area (Å²) in [5.41, 5.74) is 3.27. The third kappa shape index (κ3) is 4.05. The molecule has 9 heteroatoms. The van der Waals surface area contributed by atoms with Crippen LogP contribution >= 0.6 is 15.9 Å². The van der Waals surface area contributed by atoms with Crippen LogP contribution in [0.15, 0.2) is 59.2 Å². The zero-order valence-corrected chi connectivity index (χ0v) is 15.8. The maximum absolute atomic E-state index is 13.7. The van der Waals surface area contributed by atoms with Crippen LogP contribution in [-0.4, -0.2) is 16.8 Å². The smallest absolute Gasteiger partial charge is 0.266 e. The summed E-state index contributed by atoms with van der Waals surface area (Å²) >= 11 is 3.35. The predicted octanol–water partition coefficient (Wildman–Crippen LogP) is 3.65. The summed E-state index contributed by atoms with van der Waals surface area (Å²) in [6.45, 7) is 0. The van der Waals surface area contributed by atoms with Gasteiger partial charge in [-0.2, -0.15) is 0 Å². The number of pyridine rings is 1. The normalized spacial score (nSPS) is 10.4. The predicted molar refractivity (Wildman–Crippen MR) is 103 cm³/mol. The van der Waals surface area contributed by atoms with E-state index in [1.807, 2.05) is 5.43 Å². The van der Waals surface area contributed by atoms with Crippen molar-refractivity contribution in [3.05, 3.63) is 82.0 Å². The summed E-state index contributed by atoms with van der Waals surface area (Å²) in [5, 5.41) is 2.45. The second kappa shape index (κ2) is 8.24. The Kier molecular flexibility index (Phi) is 5.76. The lowest BCUT2D eigenvalue weighted by atomic mass is 10.1. The van der Waals surface area contributed by atoms with Crippen molar-refractivity contribution in [1.82, 2.24) is 10.4 Å². The number of aromatic nitrogens is 1. The third-order valence-electron chi connectivity index (χ3n) is 3.84. The Balaban J connectivity index is 1.80. The number of nitrogens with one attached hydrogen (secondary N) is 2. The van der Waals surface area contributed by atoms with Crippen LogP contribution in [-0.2, 0) is 0 Å². The van der Waals surface area contributed by atoms with E-state index < -0.39 is 29.0 Å². The second-order valence-electron chi connectivity index (χ2n) is 5.66. The number of halogens is 3. The van der Waals surface area contributed by atoms with E-state index in [1.165, 1.54) is 12.3 Å². The molecule has 0 spiro atoms. The van der Waals surface area contributed by atoms with Gasteiger partial charge in [0.1, 0.15) is 17.2 Å². The van der Waals surface area contributed by atoms with Crippen molar-refractivity contribution in [2.45, 2.75) is 0 Å². The van der Waals surface area contributed by atoms with Crippen molar-refractivity contribution in [2.24, 2.45) is 5.84 Å². The van der Waals surface area contributed by atoms with E-state index in [0.717, 1.165) is 12.1 Å². The molecule has 4 N–H and O–H groups in total. The SMILES string of the molecule is NNC(=O)c1cnc(-c2ccc(NC(=O)c3c(F)cccc3F)cc2)c(Br)c1. The second-order valence-corrected chi connectivity index (χ2v) is 6.51. The molecule has 0 unspecified atom stereocenters. The molecule has 2 amide bonds. The number of hydrogen-bond acceptors (Lipinski definition) is 4. The molecule has 142 valence electrons. The average Bonchev–Trinajstić information content (AvgIpc) is 2.68. The third-order valence-corrected chi connectivity index (χ3v) is 4.44. The van der Waals surface area contributed by atoms with Crippen molar-refractivity contribution >= 4 is 33.4 Å². The fraction of sp³-hybridized carbons (Fsp3) is 0.